The predicted octanol–water partition coefficient (Wildman–Crippen LogP) is 2.80. The van der Waals surface area contributed by atoms with Crippen molar-refractivity contribution in [3.05, 3.63) is 70.2 Å². The van der Waals surface area contributed by atoms with Gasteiger partial charge in [0, 0.05) is 5.02 Å². The number of hydrogen-bond donors (Lipinski definition) is 2. The first-order valence-corrected chi connectivity index (χ1v) is 7.61. The molecule has 1 unspecified atom stereocenters. The molecule has 0 radical (unpaired) electrons. The first-order valence-electron chi connectivity index (χ1n) is 7.23. The highest BCUT2D eigenvalue weighted by Crippen LogP contribution is 2.17. The van der Waals surface area contributed by atoms with E-state index in [1.165, 1.54) is 0 Å². The topological polar surface area (TPSA) is 73.1 Å². The second kappa shape index (κ2) is 8.33. The van der Waals surface area contributed by atoms with Crippen molar-refractivity contribution in [2.24, 2.45) is 0 Å². The van der Waals surface area contributed by atoms with Crippen LogP contribution in [-0.2, 0) is 17.6 Å². The Morgan fingerprint density at radius 3 is 2.43 bits per heavy atom. The molecule has 5 heteroatoms. The van der Waals surface area contributed by atoms with Gasteiger partial charge >= 0.3 is 0 Å². The number of carbonyl (C=O) groups is 1. The number of nitrogens with one attached hydrogen (secondary N) is 1. The van der Waals surface area contributed by atoms with E-state index >= 15 is 0 Å². The molecule has 0 bridgehead atoms. The van der Waals surface area contributed by atoms with E-state index < -0.39 is 6.04 Å². The summed E-state index contributed by atoms with van der Waals surface area (Å²) in [7, 11) is 0. The van der Waals surface area contributed by atoms with Crippen LogP contribution in [0.15, 0.2) is 48.5 Å². The molecule has 2 N–H and O–H groups in total. The number of carbonyl (C=O) groups excluding carboxylic acids is 1. The Balaban J connectivity index is 2.06. The molecule has 0 saturated carbocycles. The molecule has 118 valence electrons. The van der Waals surface area contributed by atoms with Crippen LogP contribution >= 0.6 is 11.6 Å². The minimum atomic E-state index is -0.483. The average Bonchev–Trinajstić information content (AvgIpc) is 2.55. The summed E-state index contributed by atoms with van der Waals surface area (Å²) in [6.07, 6.45) is 0.437. The van der Waals surface area contributed by atoms with Crippen LogP contribution in [0.1, 0.15) is 22.7 Å². The van der Waals surface area contributed by atoms with Crippen molar-refractivity contribution in [2.45, 2.75) is 18.9 Å². The zero-order chi connectivity index (χ0) is 16.7. The Hall–Kier alpha value is -2.35. The lowest BCUT2D eigenvalue weighted by Crippen LogP contribution is -2.32. The Morgan fingerprint density at radius 1 is 1.17 bits per heavy atom. The summed E-state index contributed by atoms with van der Waals surface area (Å²) in [6.45, 7) is -0.201. The minimum absolute atomic E-state index is 0.169. The summed E-state index contributed by atoms with van der Waals surface area (Å²) in [5.41, 5.74) is 2.45. The van der Waals surface area contributed by atoms with Crippen molar-refractivity contribution in [1.29, 1.82) is 5.26 Å². The van der Waals surface area contributed by atoms with E-state index in [4.69, 9.17) is 16.9 Å². The molecule has 1 atom stereocenters. The quantitative estimate of drug-likeness (QED) is 0.856. The van der Waals surface area contributed by atoms with Crippen LogP contribution in [0.25, 0.3) is 0 Å². The van der Waals surface area contributed by atoms with Gasteiger partial charge in [-0.25, -0.2) is 0 Å². The van der Waals surface area contributed by atoms with Crippen LogP contribution in [-0.4, -0.2) is 17.6 Å². The number of aliphatic hydroxyl groups excluding tert-OH is 1. The van der Waals surface area contributed by atoms with Gasteiger partial charge in [-0.1, -0.05) is 48.0 Å². The van der Waals surface area contributed by atoms with Crippen molar-refractivity contribution >= 4 is 17.5 Å². The van der Waals surface area contributed by atoms with Gasteiger partial charge < -0.3 is 10.4 Å². The van der Waals surface area contributed by atoms with Crippen molar-refractivity contribution in [2.75, 3.05) is 6.61 Å². The fourth-order valence-corrected chi connectivity index (χ4v) is 2.46. The zero-order valence-corrected chi connectivity index (χ0v) is 13.3. The predicted molar refractivity (Wildman–Crippen MR) is 88.9 cm³/mol. The number of rotatable bonds is 6. The van der Waals surface area contributed by atoms with Gasteiger partial charge in [0.15, 0.2) is 0 Å². The van der Waals surface area contributed by atoms with Gasteiger partial charge in [0.25, 0.3) is 0 Å². The summed E-state index contributed by atoms with van der Waals surface area (Å²) in [6, 6.07) is 16.0. The maximum atomic E-state index is 12.2. The maximum absolute atomic E-state index is 12.2. The highest BCUT2D eigenvalue weighted by molar-refractivity contribution is 6.30. The number of amides is 1. The van der Waals surface area contributed by atoms with Gasteiger partial charge in [-0.2, -0.15) is 5.26 Å². The molecule has 0 spiro atoms. The molecule has 0 aliphatic carbocycles. The van der Waals surface area contributed by atoms with Gasteiger partial charge in [0.1, 0.15) is 0 Å². The summed E-state index contributed by atoms with van der Waals surface area (Å²) in [5, 5.41) is 21.8. The van der Waals surface area contributed by atoms with Crippen LogP contribution in [0.3, 0.4) is 0 Å². The first kappa shape index (κ1) is 17.0. The lowest BCUT2D eigenvalue weighted by Gasteiger charge is -2.17. The number of hydrogen-bond acceptors (Lipinski definition) is 3. The molecular weight excluding hydrogens is 312 g/mol. The monoisotopic (exact) mass is 328 g/mol. The van der Waals surface area contributed by atoms with Gasteiger partial charge in [0.05, 0.1) is 31.6 Å². The minimum Gasteiger partial charge on any atom is -0.394 e. The van der Waals surface area contributed by atoms with E-state index in [9.17, 15) is 9.90 Å². The highest BCUT2D eigenvalue weighted by Gasteiger charge is 2.15. The van der Waals surface area contributed by atoms with Crippen molar-refractivity contribution in [3.8, 4) is 6.07 Å². The number of halogens is 1. The molecule has 0 heterocycles. The van der Waals surface area contributed by atoms with E-state index in [1.54, 1.807) is 24.3 Å². The van der Waals surface area contributed by atoms with E-state index in [0.29, 0.717) is 5.02 Å². The molecule has 0 aliphatic rings. The second-order valence-corrected chi connectivity index (χ2v) is 5.57. The van der Waals surface area contributed by atoms with Crippen LogP contribution in [0, 0.1) is 11.3 Å². The second-order valence-electron chi connectivity index (χ2n) is 5.13. The molecule has 2 rings (SSSR count). The number of aliphatic hydroxyl groups is 1. The zero-order valence-electron chi connectivity index (χ0n) is 12.5. The van der Waals surface area contributed by atoms with Gasteiger partial charge in [-0.15, -0.1) is 0 Å². The van der Waals surface area contributed by atoms with E-state index in [-0.39, 0.29) is 25.4 Å². The summed E-state index contributed by atoms with van der Waals surface area (Å²) >= 11 is 5.84. The van der Waals surface area contributed by atoms with Gasteiger partial charge in [0.2, 0.25) is 5.91 Å². The normalized spacial score (nSPS) is 11.5. The fraction of sp³-hybridized carbons (Fsp3) is 0.222. The Labute approximate surface area is 140 Å². The lowest BCUT2D eigenvalue weighted by molar-refractivity contribution is -0.121. The third-order valence-corrected chi connectivity index (χ3v) is 3.78. The fourth-order valence-electron chi connectivity index (χ4n) is 2.34. The molecule has 0 aromatic heterocycles. The first-order chi connectivity index (χ1) is 11.1. The molecule has 23 heavy (non-hydrogen) atoms. The van der Waals surface area contributed by atoms with Gasteiger partial charge in [-0.05, 0) is 28.8 Å². The Morgan fingerprint density at radius 2 is 1.83 bits per heavy atom. The van der Waals surface area contributed by atoms with Gasteiger partial charge in [-0.3, -0.25) is 4.79 Å². The van der Waals surface area contributed by atoms with E-state index in [0.717, 1.165) is 16.7 Å². The smallest absolute Gasteiger partial charge is 0.224 e. The SMILES string of the molecule is N#CCc1ccccc1CC(=O)NC(CO)c1ccc(Cl)cc1. The largest absolute Gasteiger partial charge is 0.394 e. The standard InChI is InChI=1S/C18H17ClN2O2/c19-16-7-5-14(6-8-16)17(12-22)21-18(23)11-15-4-2-1-3-13(15)9-10-20/h1-8,17,22H,9,11-12H2,(H,21,23). The maximum Gasteiger partial charge on any atom is 0.224 e. The molecule has 4 nitrogen and oxygen atoms in total. The van der Waals surface area contributed by atoms with E-state index in [1.807, 2.05) is 24.3 Å². The average molecular weight is 329 g/mol. The summed E-state index contributed by atoms with van der Waals surface area (Å²) in [4.78, 5) is 12.2. The Kier molecular flexibility index (Phi) is 6.16. The number of nitriles is 1. The highest BCUT2D eigenvalue weighted by atomic mass is 35.5. The Bertz CT molecular complexity index is 708. The summed E-state index contributed by atoms with van der Waals surface area (Å²) < 4.78 is 0. The number of nitrogens with zero attached hydrogens (tertiary/aromatic N) is 1. The molecule has 1 amide bonds. The molecule has 2 aromatic carbocycles. The summed E-state index contributed by atoms with van der Waals surface area (Å²) in [5.74, 6) is -0.204. The molecule has 2 aromatic rings. The molecule has 0 aliphatic heterocycles. The number of benzene rings is 2. The van der Waals surface area contributed by atoms with Crippen LogP contribution in [0.2, 0.25) is 5.02 Å². The van der Waals surface area contributed by atoms with Crippen LogP contribution < -0.4 is 5.32 Å². The lowest BCUT2D eigenvalue weighted by atomic mass is 10.0. The third kappa shape index (κ3) is 4.82. The van der Waals surface area contributed by atoms with E-state index in [2.05, 4.69) is 11.4 Å². The third-order valence-electron chi connectivity index (χ3n) is 3.53. The molecule has 0 saturated heterocycles. The van der Waals surface area contributed by atoms with Crippen LogP contribution in [0.4, 0.5) is 0 Å². The van der Waals surface area contributed by atoms with Crippen molar-refractivity contribution in [1.82, 2.24) is 5.32 Å². The molecular formula is C18H17ClN2O2. The van der Waals surface area contributed by atoms with Crippen molar-refractivity contribution in [3.63, 3.8) is 0 Å². The van der Waals surface area contributed by atoms with Crippen LogP contribution in [0.5, 0.6) is 0 Å². The molecule has 0 fully saturated rings. The van der Waals surface area contributed by atoms with Crippen molar-refractivity contribution < 1.29 is 9.90 Å².